The fraction of sp³-hybridized carbons (Fsp3) is 0.867. The summed E-state index contributed by atoms with van der Waals surface area (Å²) in [6.07, 6.45) is 5.54. The first-order chi connectivity index (χ1) is 8.82. The molecule has 0 aromatic carbocycles. The molecule has 4 nitrogen and oxygen atoms in total. The average molecular weight is 263 g/mol. The zero-order valence-corrected chi connectivity index (χ0v) is 12.3. The minimum Gasteiger partial charge on any atom is -0.311 e. The molecule has 1 heterocycles. The van der Waals surface area contributed by atoms with Gasteiger partial charge in [-0.3, -0.25) is 10.7 Å². The summed E-state index contributed by atoms with van der Waals surface area (Å²) < 4.78 is 0. The van der Waals surface area contributed by atoms with Crippen molar-refractivity contribution in [3.8, 4) is 0 Å². The van der Waals surface area contributed by atoms with E-state index in [0.717, 1.165) is 19.4 Å². The van der Waals surface area contributed by atoms with Crippen molar-refractivity contribution in [1.29, 1.82) is 5.41 Å². The summed E-state index contributed by atoms with van der Waals surface area (Å²) in [5.41, 5.74) is -0.140. The molecule has 2 saturated carbocycles. The molecule has 19 heavy (non-hydrogen) atoms. The van der Waals surface area contributed by atoms with E-state index in [2.05, 4.69) is 26.1 Å². The summed E-state index contributed by atoms with van der Waals surface area (Å²) in [4.78, 5) is 14.2. The quantitative estimate of drug-likeness (QED) is 0.790. The number of carbonyl (C=O) groups is 1. The highest BCUT2D eigenvalue weighted by Crippen LogP contribution is 2.49. The van der Waals surface area contributed by atoms with Crippen LogP contribution in [0.1, 0.15) is 52.9 Å². The van der Waals surface area contributed by atoms with Crippen LogP contribution in [-0.4, -0.2) is 28.9 Å². The molecule has 0 aromatic heterocycles. The minimum absolute atomic E-state index is 0.0400. The predicted octanol–water partition coefficient (Wildman–Crippen LogP) is 2.98. The lowest BCUT2D eigenvalue weighted by molar-refractivity contribution is 0.0589. The molecule has 1 aliphatic heterocycles. The van der Waals surface area contributed by atoms with Crippen molar-refractivity contribution in [2.24, 2.45) is 17.3 Å². The first-order valence-corrected chi connectivity index (χ1v) is 7.50. The first-order valence-electron chi connectivity index (χ1n) is 7.50. The molecule has 0 radical (unpaired) electrons. The Morgan fingerprint density at radius 1 is 1.37 bits per heavy atom. The Labute approximate surface area is 115 Å². The van der Waals surface area contributed by atoms with Crippen LogP contribution >= 0.6 is 0 Å². The molecule has 2 atom stereocenters. The summed E-state index contributed by atoms with van der Waals surface area (Å²) in [7, 11) is 0. The molecule has 2 amide bonds. The Balaban J connectivity index is 1.92. The van der Waals surface area contributed by atoms with E-state index >= 15 is 0 Å². The van der Waals surface area contributed by atoms with Crippen molar-refractivity contribution >= 4 is 11.9 Å². The van der Waals surface area contributed by atoms with E-state index in [1.54, 1.807) is 0 Å². The number of carbonyl (C=O) groups excluding carboxylic acids is 1. The number of nitrogens with zero attached hydrogens (tertiary/aromatic N) is 1. The second-order valence-corrected chi connectivity index (χ2v) is 7.75. The molecule has 3 fully saturated rings. The number of hydrogen-bond acceptors (Lipinski definition) is 2. The summed E-state index contributed by atoms with van der Waals surface area (Å²) in [6.45, 7) is 7.65. The average Bonchev–Trinajstić information content (AvgIpc) is 3.02. The maximum Gasteiger partial charge on any atom is 0.323 e. The zero-order valence-electron chi connectivity index (χ0n) is 12.3. The molecule has 3 rings (SSSR count). The van der Waals surface area contributed by atoms with Gasteiger partial charge in [0.15, 0.2) is 0 Å². The third-order valence-electron chi connectivity index (χ3n) is 4.96. The minimum atomic E-state index is -0.346. The van der Waals surface area contributed by atoms with Gasteiger partial charge in [-0.15, -0.1) is 0 Å². The van der Waals surface area contributed by atoms with Crippen LogP contribution in [0.25, 0.3) is 0 Å². The highest BCUT2D eigenvalue weighted by atomic mass is 16.2. The highest BCUT2D eigenvalue weighted by Gasteiger charge is 2.56. The van der Waals surface area contributed by atoms with Gasteiger partial charge in [0.05, 0.1) is 0 Å². The van der Waals surface area contributed by atoms with Crippen molar-refractivity contribution in [2.45, 2.75) is 58.4 Å². The Kier molecular flexibility index (Phi) is 2.70. The van der Waals surface area contributed by atoms with Crippen molar-refractivity contribution in [2.75, 3.05) is 6.54 Å². The van der Waals surface area contributed by atoms with E-state index in [0.29, 0.717) is 17.7 Å². The number of nitrogens with one attached hydrogen (secondary N) is 2. The molecule has 2 aliphatic carbocycles. The monoisotopic (exact) mass is 263 g/mol. The number of amides is 2. The fourth-order valence-electron chi connectivity index (χ4n) is 4.36. The molecule has 1 spiro atoms. The zero-order chi connectivity index (χ0) is 13.8. The molecular formula is C15H25N3O. The molecule has 4 heteroatoms. The van der Waals surface area contributed by atoms with E-state index in [9.17, 15) is 4.79 Å². The van der Waals surface area contributed by atoms with Gasteiger partial charge in [-0.05, 0) is 49.4 Å². The second kappa shape index (κ2) is 3.97. The third-order valence-corrected chi connectivity index (χ3v) is 4.96. The van der Waals surface area contributed by atoms with Crippen LogP contribution in [0.5, 0.6) is 0 Å². The van der Waals surface area contributed by atoms with Crippen LogP contribution in [0.3, 0.4) is 0 Å². The van der Waals surface area contributed by atoms with Crippen molar-refractivity contribution < 1.29 is 4.79 Å². The van der Waals surface area contributed by atoms with Gasteiger partial charge in [-0.1, -0.05) is 20.8 Å². The standard InChI is InChI=1S/C15H25N3O/c1-10-6-14(2,3)9-15(7-10)12(16)17-13(19)18(15)8-11-4-5-11/h10-11H,4-9H2,1-3H3,(H2,16,17,19). The van der Waals surface area contributed by atoms with Crippen LogP contribution in [0.2, 0.25) is 0 Å². The van der Waals surface area contributed by atoms with Gasteiger partial charge >= 0.3 is 6.03 Å². The summed E-state index contributed by atoms with van der Waals surface area (Å²) in [6, 6.07) is -0.0400. The smallest absolute Gasteiger partial charge is 0.311 e. The lowest BCUT2D eigenvalue weighted by atomic mass is 9.63. The van der Waals surface area contributed by atoms with Crippen molar-refractivity contribution in [3.63, 3.8) is 0 Å². The van der Waals surface area contributed by atoms with E-state index < -0.39 is 0 Å². The van der Waals surface area contributed by atoms with Gasteiger partial charge in [0, 0.05) is 6.54 Å². The lowest BCUT2D eigenvalue weighted by Gasteiger charge is -2.48. The van der Waals surface area contributed by atoms with Gasteiger partial charge < -0.3 is 4.90 Å². The highest BCUT2D eigenvalue weighted by molar-refractivity contribution is 6.08. The van der Waals surface area contributed by atoms with Crippen LogP contribution < -0.4 is 5.32 Å². The molecule has 0 aromatic rings. The van der Waals surface area contributed by atoms with Crippen LogP contribution in [0.15, 0.2) is 0 Å². The topological polar surface area (TPSA) is 56.2 Å². The summed E-state index contributed by atoms with van der Waals surface area (Å²) >= 11 is 0. The number of hydrogen-bond donors (Lipinski definition) is 2. The van der Waals surface area contributed by atoms with Gasteiger partial charge in [0.2, 0.25) is 0 Å². The maximum atomic E-state index is 12.2. The van der Waals surface area contributed by atoms with Crippen LogP contribution in [0, 0.1) is 22.7 Å². The Hall–Kier alpha value is -1.06. The van der Waals surface area contributed by atoms with Crippen molar-refractivity contribution in [1.82, 2.24) is 10.2 Å². The number of amidine groups is 1. The normalized spacial score (nSPS) is 37.8. The lowest BCUT2D eigenvalue weighted by Crippen LogP contribution is -2.56. The molecular weight excluding hydrogens is 238 g/mol. The third kappa shape index (κ3) is 2.15. The largest absolute Gasteiger partial charge is 0.323 e. The van der Waals surface area contributed by atoms with Gasteiger partial charge in [0.1, 0.15) is 11.4 Å². The molecule has 3 aliphatic rings. The van der Waals surface area contributed by atoms with E-state index in [-0.39, 0.29) is 17.0 Å². The molecule has 2 N–H and O–H groups in total. The first kappa shape index (κ1) is 12.9. The molecule has 0 bridgehead atoms. The maximum absolute atomic E-state index is 12.2. The summed E-state index contributed by atoms with van der Waals surface area (Å²) in [5, 5.41) is 11.1. The molecule has 1 saturated heterocycles. The molecule has 106 valence electrons. The molecule has 2 unspecified atom stereocenters. The second-order valence-electron chi connectivity index (χ2n) is 7.75. The Morgan fingerprint density at radius 3 is 2.63 bits per heavy atom. The fourth-order valence-corrected chi connectivity index (χ4v) is 4.36. The van der Waals surface area contributed by atoms with E-state index in [1.807, 2.05) is 4.90 Å². The van der Waals surface area contributed by atoms with Gasteiger partial charge in [-0.25, -0.2) is 4.79 Å². The Bertz CT molecular complexity index is 427. The van der Waals surface area contributed by atoms with E-state index in [1.165, 1.54) is 19.3 Å². The predicted molar refractivity (Wildman–Crippen MR) is 75.2 cm³/mol. The van der Waals surface area contributed by atoms with Gasteiger partial charge in [-0.2, -0.15) is 0 Å². The van der Waals surface area contributed by atoms with Crippen molar-refractivity contribution in [3.05, 3.63) is 0 Å². The number of urea groups is 1. The summed E-state index contributed by atoms with van der Waals surface area (Å²) in [5.74, 6) is 1.69. The van der Waals surface area contributed by atoms with Crippen LogP contribution in [0.4, 0.5) is 4.79 Å². The Morgan fingerprint density at radius 2 is 2.05 bits per heavy atom. The SMILES string of the molecule is CC1CC(C)(C)CC2(C1)C(=N)NC(=O)N2CC1CC1. The van der Waals surface area contributed by atoms with Gasteiger partial charge in [0.25, 0.3) is 0 Å². The van der Waals surface area contributed by atoms with Crippen LogP contribution in [-0.2, 0) is 0 Å². The van der Waals surface area contributed by atoms with E-state index in [4.69, 9.17) is 5.41 Å². The number of rotatable bonds is 2.